The van der Waals surface area contributed by atoms with Crippen LogP contribution in [-0.2, 0) is 4.74 Å². The maximum absolute atomic E-state index is 9.96. The van der Waals surface area contributed by atoms with Gasteiger partial charge in [-0.15, -0.1) is 0 Å². The molecular formula is C14H19N5O3. The van der Waals surface area contributed by atoms with Crippen LogP contribution in [0, 0.1) is 6.92 Å². The second kappa shape index (κ2) is 5.15. The van der Waals surface area contributed by atoms with Gasteiger partial charge in [0.15, 0.2) is 0 Å². The lowest BCUT2D eigenvalue weighted by Crippen LogP contribution is -2.69. The average Bonchev–Trinajstić information content (AvgIpc) is 2.96. The molecule has 2 aliphatic heterocycles. The van der Waals surface area contributed by atoms with Crippen LogP contribution < -0.4 is 4.90 Å². The molecule has 0 amide bonds. The highest BCUT2D eigenvalue weighted by molar-refractivity contribution is 5.87. The van der Waals surface area contributed by atoms with Gasteiger partial charge in [-0.2, -0.15) is 4.98 Å². The van der Waals surface area contributed by atoms with E-state index >= 15 is 0 Å². The first-order chi connectivity index (χ1) is 10.7. The van der Waals surface area contributed by atoms with Gasteiger partial charge >= 0.3 is 0 Å². The van der Waals surface area contributed by atoms with Crippen LogP contribution in [0.15, 0.2) is 10.9 Å². The van der Waals surface area contributed by atoms with Gasteiger partial charge in [-0.1, -0.05) is 5.16 Å². The van der Waals surface area contributed by atoms with Crippen LogP contribution in [0.5, 0.6) is 0 Å². The smallest absolute Gasteiger partial charge is 0.263 e. The molecule has 1 N–H and O–H groups in total. The molecule has 1 unspecified atom stereocenters. The van der Waals surface area contributed by atoms with Crippen LogP contribution in [0.1, 0.15) is 5.69 Å². The molecule has 118 valence electrons. The van der Waals surface area contributed by atoms with E-state index in [-0.39, 0.29) is 12.1 Å². The second-order valence-electron chi connectivity index (χ2n) is 5.99. The summed E-state index contributed by atoms with van der Waals surface area (Å²) >= 11 is 0. The van der Waals surface area contributed by atoms with Gasteiger partial charge in [0.1, 0.15) is 17.5 Å². The highest BCUT2D eigenvalue weighted by atomic mass is 16.5. The number of hydrogen-bond donors (Lipinski definition) is 1. The van der Waals surface area contributed by atoms with Gasteiger partial charge in [0.25, 0.3) is 5.71 Å². The van der Waals surface area contributed by atoms with Gasteiger partial charge in [0.05, 0.1) is 31.1 Å². The van der Waals surface area contributed by atoms with E-state index in [1.807, 2.05) is 6.92 Å². The van der Waals surface area contributed by atoms with Crippen molar-refractivity contribution in [1.29, 1.82) is 0 Å². The van der Waals surface area contributed by atoms with Gasteiger partial charge in [-0.25, -0.2) is 4.98 Å². The Hall–Kier alpha value is -1.77. The molecule has 2 aromatic rings. The lowest BCUT2D eigenvalue weighted by Gasteiger charge is -2.52. The van der Waals surface area contributed by atoms with Crippen LogP contribution >= 0.6 is 0 Å². The molecule has 0 aliphatic carbocycles. The van der Waals surface area contributed by atoms with Crippen molar-refractivity contribution in [2.24, 2.45) is 0 Å². The van der Waals surface area contributed by atoms with Crippen molar-refractivity contribution >= 4 is 16.9 Å². The summed E-state index contributed by atoms with van der Waals surface area (Å²) < 4.78 is 10.8. The Labute approximate surface area is 127 Å². The third-order valence-corrected chi connectivity index (χ3v) is 4.69. The summed E-state index contributed by atoms with van der Waals surface area (Å²) in [5.41, 5.74) is 0.924. The number of rotatable bonds is 2. The maximum atomic E-state index is 9.96. The molecule has 0 spiro atoms. The zero-order valence-electron chi connectivity index (χ0n) is 12.5. The second-order valence-corrected chi connectivity index (χ2v) is 5.99. The Morgan fingerprint density at radius 1 is 1.32 bits per heavy atom. The summed E-state index contributed by atoms with van der Waals surface area (Å²) in [7, 11) is 0. The number of nitrogens with zero attached hydrogens (tertiary/aromatic N) is 5. The van der Waals surface area contributed by atoms with Crippen molar-refractivity contribution in [3.05, 3.63) is 12.0 Å². The number of aliphatic hydroxyl groups is 1. The summed E-state index contributed by atoms with van der Waals surface area (Å²) in [5, 5.41) is 14.8. The van der Waals surface area contributed by atoms with E-state index in [9.17, 15) is 5.11 Å². The molecule has 0 aromatic carbocycles. The molecule has 4 heterocycles. The van der Waals surface area contributed by atoms with E-state index in [0.717, 1.165) is 43.1 Å². The monoisotopic (exact) mass is 305 g/mol. The molecule has 0 bridgehead atoms. The third kappa shape index (κ3) is 1.98. The van der Waals surface area contributed by atoms with Crippen molar-refractivity contribution in [2.75, 3.05) is 50.9 Å². The molecule has 2 aliphatic rings. The number of hydrogen-bond acceptors (Lipinski definition) is 8. The lowest BCUT2D eigenvalue weighted by molar-refractivity contribution is -0.0951. The van der Waals surface area contributed by atoms with E-state index in [1.165, 1.54) is 6.33 Å². The summed E-state index contributed by atoms with van der Waals surface area (Å²) in [5.74, 6) is 0.821. The van der Waals surface area contributed by atoms with Gasteiger partial charge in [-0.3, -0.25) is 4.90 Å². The average molecular weight is 305 g/mol. The lowest BCUT2D eigenvalue weighted by atomic mass is 9.94. The minimum absolute atomic E-state index is 0.0698. The van der Waals surface area contributed by atoms with E-state index in [1.54, 1.807) is 0 Å². The molecule has 8 nitrogen and oxygen atoms in total. The van der Waals surface area contributed by atoms with Crippen molar-refractivity contribution in [1.82, 2.24) is 20.0 Å². The first-order valence-electron chi connectivity index (χ1n) is 7.49. The fourth-order valence-electron chi connectivity index (χ4n) is 3.46. The van der Waals surface area contributed by atoms with E-state index in [2.05, 4.69) is 24.9 Å². The highest BCUT2D eigenvalue weighted by Gasteiger charge is 2.44. The fraction of sp³-hybridized carbons (Fsp3) is 0.643. The van der Waals surface area contributed by atoms with Crippen LogP contribution in [0.3, 0.4) is 0 Å². The Morgan fingerprint density at radius 2 is 2.23 bits per heavy atom. The first-order valence-corrected chi connectivity index (χ1v) is 7.49. The van der Waals surface area contributed by atoms with Crippen molar-refractivity contribution < 1.29 is 14.4 Å². The van der Waals surface area contributed by atoms with Gasteiger partial charge < -0.3 is 19.3 Å². The highest BCUT2D eigenvalue weighted by Crippen LogP contribution is 2.31. The standard InChI is InChI=1S/C14H19N5O3/c1-10-11-12(15-9-16-13(11)22-17-10)18-2-3-19-4-5-21-8-14(19,6-18)7-20/h9,20H,2-8H2,1H3. The number of aliphatic hydroxyl groups excluding tert-OH is 1. The molecule has 2 saturated heterocycles. The molecule has 0 radical (unpaired) electrons. The number of fused-ring (bicyclic) bond motifs is 2. The summed E-state index contributed by atoms with van der Waals surface area (Å²) in [6.45, 7) is 6.47. The zero-order valence-corrected chi connectivity index (χ0v) is 12.5. The molecule has 8 heteroatoms. The largest absolute Gasteiger partial charge is 0.394 e. The Kier molecular flexibility index (Phi) is 3.24. The first kappa shape index (κ1) is 13.9. The topological polar surface area (TPSA) is 87.8 Å². The number of aromatic nitrogens is 3. The Bertz CT molecular complexity index is 690. The maximum Gasteiger partial charge on any atom is 0.263 e. The fourth-order valence-corrected chi connectivity index (χ4v) is 3.46. The minimum atomic E-state index is -0.362. The van der Waals surface area contributed by atoms with Crippen molar-refractivity contribution in [2.45, 2.75) is 12.5 Å². The predicted octanol–water partition coefficient (Wildman–Crippen LogP) is -0.190. The van der Waals surface area contributed by atoms with E-state index in [4.69, 9.17) is 9.26 Å². The Morgan fingerprint density at radius 3 is 3.09 bits per heavy atom. The molecule has 2 aromatic heterocycles. The van der Waals surface area contributed by atoms with Gasteiger partial charge in [-0.05, 0) is 6.92 Å². The number of piperazine rings is 1. The summed E-state index contributed by atoms with van der Waals surface area (Å²) in [6, 6.07) is 0. The van der Waals surface area contributed by atoms with Crippen molar-refractivity contribution in [3.63, 3.8) is 0 Å². The molecule has 2 fully saturated rings. The number of ether oxygens (including phenoxy) is 1. The summed E-state index contributed by atoms with van der Waals surface area (Å²) in [4.78, 5) is 13.1. The predicted molar refractivity (Wildman–Crippen MR) is 78.8 cm³/mol. The molecule has 4 rings (SSSR count). The molecular weight excluding hydrogens is 286 g/mol. The van der Waals surface area contributed by atoms with Crippen LogP contribution in [0.25, 0.3) is 11.1 Å². The third-order valence-electron chi connectivity index (χ3n) is 4.69. The van der Waals surface area contributed by atoms with E-state index < -0.39 is 0 Å². The SMILES string of the molecule is Cc1noc2ncnc(N3CCN4CCOCC4(CO)C3)c12. The molecule has 0 saturated carbocycles. The van der Waals surface area contributed by atoms with Crippen LogP contribution in [-0.4, -0.2) is 76.7 Å². The van der Waals surface area contributed by atoms with Crippen LogP contribution in [0.4, 0.5) is 5.82 Å². The summed E-state index contributed by atoms with van der Waals surface area (Å²) in [6.07, 6.45) is 1.50. The zero-order chi connectivity index (χ0) is 15.2. The van der Waals surface area contributed by atoms with Crippen molar-refractivity contribution in [3.8, 4) is 0 Å². The molecule has 22 heavy (non-hydrogen) atoms. The van der Waals surface area contributed by atoms with E-state index in [0.29, 0.717) is 18.9 Å². The van der Waals surface area contributed by atoms with Gasteiger partial charge in [0, 0.05) is 26.2 Å². The molecule has 1 atom stereocenters. The number of anilines is 1. The number of aryl methyl sites for hydroxylation is 1. The van der Waals surface area contributed by atoms with Gasteiger partial charge in [0.2, 0.25) is 0 Å². The Balaban J connectivity index is 1.72. The minimum Gasteiger partial charge on any atom is -0.394 e. The normalized spacial score (nSPS) is 26.4. The van der Waals surface area contributed by atoms with Crippen LogP contribution in [0.2, 0.25) is 0 Å². The quantitative estimate of drug-likeness (QED) is 0.817. The number of morpholine rings is 1.